The number of rotatable bonds is 8. The van der Waals surface area contributed by atoms with Crippen molar-refractivity contribution in [3.8, 4) is 22.5 Å². The van der Waals surface area contributed by atoms with E-state index in [1.54, 1.807) is 0 Å². The highest BCUT2D eigenvalue weighted by molar-refractivity contribution is 6.84. The van der Waals surface area contributed by atoms with E-state index in [0.29, 0.717) is 0 Å². The Balaban J connectivity index is 1.35. The van der Waals surface area contributed by atoms with Crippen molar-refractivity contribution in [1.29, 1.82) is 0 Å². The molecule has 0 amide bonds. The summed E-state index contributed by atoms with van der Waals surface area (Å²) >= 11 is 0. The number of pyridine rings is 2. The first-order valence-electron chi connectivity index (χ1n) is 13.7. The number of benzene rings is 4. The molecule has 0 fully saturated rings. The number of hydrogen-bond donors (Lipinski definition) is 0. The van der Waals surface area contributed by atoms with Gasteiger partial charge in [0.25, 0.3) is 0 Å². The minimum absolute atomic E-state index is 0.743. The van der Waals surface area contributed by atoms with Crippen LogP contribution in [0.1, 0.15) is 0 Å². The van der Waals surface area contributed by atoms with Gasteiger partial charge in [-0.25, -0.2) is 0 Å². The van der Waals surface area contributed by atoms with Crippen molar-refractivity contribution in [3.05, 3.63) is 146 Å². The van der Waals surface area contributed by atoms with Crippen LogP contribution in [-0.2, 0) is 0 Å². The zero-order chi connectivity index (χ0) is 28.0. The van der Waals surface area contributed by atoms with Gasteiger partial charge in [-0.1, -0.05) is 103 Å². The highest BCUT2D eigenvalue weighted by Gasteiger charge is 2.16. The molecule has 0 bridgehead atoms. The molecule has 2 aromatic heterocycles. The second kappa shape index (κ2) is 12.3. The summed E-state index contributed by atoms with van der Waals surface area (Å²) in [5, 5.41) is 3.97. The lowest BCUT2D eigenvalue weighted by molar-refractivity contribution is 1.27. The normalized spacial score (nSPS) is 11.0. The van der Waals surface area contributed by atoms with Gasteiger partial charge in [-0.3, -0.25) is 9.97 Å². The van der Waals surface area contributed by atoms with E-state index in [1.807, 2.05) is 6.20 Å². The molecular weight excluding hydrogens is 531 g/mol. The van der Waals surface area contributed by atoms with Crippen LogP contribution in [0.4, 0.5) is 17.1 Å². The van der Waals surface area contributed by atoms with Gasteiger partial charge >= 0.3 is 0 Å². The molecule has 0 unspecified atom stereocenters. The van der Waals surface area contributed by atoms with E-state index >= 15 is 0 Å². The minimum atomic E-state index is -0.842. The predicted octanol–water partition coefficient (Wildman–Crippen LogP) is 6.90. The van der Waals surface area contributed by atoms with E-state index in [9.17, 15) is 0 Å². The molecular formula is C36H30N3Si2. The largest absolute Gasteiger partial charge is 0.310 e. The summed E-state index contributed by atoms with van der Waals surface area (Å²) in [6.45, 7) is 4.51. The first-order chi connectivity index (χ1) is 20.2. The van der Waals surface area contributed by atoms with Crippen molar-refractivity contribution in [2.24, 2.45) is 0 Å². The van der Waals surface area contributed by atoms with Gasteiger partial charge in [0, 0.05) is 40.6 Å². The molecule has 3 nitrogen and oxygen atoms in total. The smallest absolute Gasteiger partial charge is 0.120 e. The number of para-hydroxylation sites is 1. The van der Waals surface area contributed by atoms with Crippen LogP contribution in [0.3, 0.4) is 0 Å². The molecule has 0 N–H and O–H groups in total. The van der Waals surface area contributed by atoms with E-state index in [-0.39, 0.29) is 0 Å². The van der Waals surface area contributed by atoms with Crippen molar-refractivity contribution in [2.45, 2.75) is 13.1 Å². The maximum absolute atomic E-state index is 4.91. The van der Waals surface area contributed by atoms with Gasteiger partial charge in [-0.05, 0) is 58.9 Å². The summed E-state index contributed by atoms with van der Waals surface area (Å²) in [6, 6.07) is 47.2. The lowest BCUT2D eigenvalue weighted by Crippen LogP contribution is -2.39. The van der Waals surface area contributed by atoms with Crippen molar-refractivity contribution in [3.63, 3.8) is 0 Å². The SMILES string of the molecule is C[Si]c1ccc(-c2cccc(N(c3ccccc3)c3cccc(-c4ccc([Si](C)c5ccccc5)cn4)c3)c2)nc1. The molecule has 4 aromatic carbocycles. The molecule has 0 spiro atoms. The van der Waals surface area contributed by atoms with Gasteiger partial charge in [-0.15, -0.1) is 0 Å². The summed E-state index contributed by atoms with van der Waals surface area (Å²) in [5.74, 6) is 0. The van der Waals surface area contributed by atoms with E-state index in [0.717, 1.165) is 49.1 Å². The van der Waals surface area contributed by atoms with Gasteiger partial charge in [0.15, 0.2) is 0 Å². The van der Waals surface area contributed by atoms with Crippen LogP contribution in [0, 0.1) is 0 Å². The second-order valence-electron chi connectivity index (χ2n) is 9.88. The highest BCUT2D eigenvalue weighted by atomic mass is 28.3. The van der Waals surface area contributed by atoms with Crippen molar-refractivity contribution in [1.82, 2.24) is 9.97 Å². The second-order valence-corrected chi connectivity index (χ2v) is 13.4. The molecule has 0 saturated carbocycles. The molecule has 3 radical (unpaired) electrons. The number of nitrogens with zero attached hydrogens (tertiary/aromatic N) is 3. The molecule has 0 aliphatic heterocycles. The van der Waals surface area contributed by atoms with Crippen molar-refractivity contribution >= 4 is 50.9 Å². The Morgan fingerprint density at radius 2 is 1.10 bits per heavy atom. The van der Waals surface area contributed by atoms with E-state index in [4.69, 9.17) is 9.97 Å². The number of hydrogen-bond acceptors (Lipinski definition) is 3. The summed E-state index contributed by atoms with van der Waals surface area (Å²) in [5.41, 5.74) is 7.40. The monoisotopic (exact) mass is 560 g/mol. The maximum Gasteiger partial charge on any atom is 0.120 e. The molecule has 0 aliphatic carbocycles. The molecule has 0 atom stereocenters. The average Bonchev–Trinajstić information content (AvgIpc) is 3.06. The lowest BCUT2D eigenvalue weighted by atomic mass is 10.1. The number of aromatic nitrogens is 2. The van der Waals surface area contributed by atoms with Crippen LogP contribution in [0.2, 0.25) is 13.1 Å². The third-order valence-corrected chi connectivity index (χ3v) is 10.5. The van der Waals surface area contributed by atoms with Gasteiger partial charge in [0.05, 0.1) is 20.9 Å². The fraction of sp³-hybridized carbons (Fsp3) is 0.0556. The summed E-state index contributed by atoms with van der Waals surface area (Å²) < 4.78 is 0. The van der Waals surface area contributed by atoms with E-state index < -0.39 is 8.80 Å². The highest BCUT2D eigenvalue weighted by Crippen LogP contribution is 2.37. The summed E-state index contributed by atoms with van der Waals surface area (Å²) in [4.78, 5) is 11.9. The summed E-state index contributed by atoms with van der Waals surface area (Å²) in [6.07, 6.45) is 4.04. The molecule has 6 rings (SSSR count). The Bertz CT molecular complexity index is 1720. The van der Waals surface area contributed by atoms with Crippen molar-refractivity contribution in [2.75, 3.05) is 4.90 Å². The lowest BCUT2D eigenvalue weighted by Gasteiger charge is -2.26. The maximum atomic E-state index is 4.91. The molecule has 0 aliphatic rings. The standard InChI is InChI=1S/C36H30N3Si2/c1-40-32-19-21-35(37-25-32)27-11-9-15-30(23-27)39(29-13-5-3-6-14-29)31-16-10-12-28(24-31)36-22-20-34(26-38-36)41(2)33-17-7-4-8-18-33/h3-26H,1-2H3. The predicted molar refractivity (Wildman–Crippen MR) is 176 cm³/mol. The number of anilines is 3. The van der Waals surface area contributed by atoms with Crippen molar-refractivity contribution < 1.29 is 0 Å². The Kier molecular flexibility index (Phi) is 7.98. The van der Waals surface area contributed by atoms with E-state index in [2.05, 4.69) is 158 Å². The first-order valence-corrected chi connectivity index (χ1v) is 17.2. The molecule has 2 heterocycles. The Labute approximate surface area is 246 Å². The van der Waals surface area contributed by atoms with Gasteiger partial charge in [-0.2, -0.15) is 0 Å². The average molecular weight is 561 g/mol. The van der Waals surface area contributed by atoms with Crippen LogP contribution < -0.4 is 20.5 Å². The molecule has 5 heteroatoms. The van der Waals surface area contributed by atoms with E-state index in [1.165, 1.54) is 15.6 Å². The fourth-order valence-corrected chi connectivity index (χ4v) is 7.05. The minimum Gasteiger partial charge on any atom is -0.310 e. The third kappa shape index (κ3) is 5.97. The van der Waals surface area contributed by atoms with Crippen LogP contribution in [0.15, 0.2) is 146 Å². The van der Waals surface area contributed by atoms with Crippen LogP contribution >= 0.6 is 0 Å². The first kappa shape index (κ1) is 26.6. The van der Waals surface area contributed by atoms with Gasteiger partial charge in [0.2, 0.25) is 0 Å². The zero-order valence-electron chi connectivity index (χ0n) is 23.2. The fourth-order valence-electron chi connectivity index (χ4n) is 4.99. The zero-order valence-corrected chi connectivity index (χ0v) is 25.2. The van der Waals surface area contributed by atoms with Gasteiger partial charge in [0.1, 0.15) is 8.80 Å². The quantitative estimate of drug-likeness (QED) is 0.190. The Hall–Kier alpha value is -4.59. The van der Waals surface area contributed by atoms with Crippen LogP contribution in [-0.4, -0.2) is 28.3 Å². The Morgan fingerprint density at radius 1 is 0.537 bits per heavy atom. The van der Waals surface area contributed by atoms with Crippen LogP contribution in [0.5, 0.6) is 0 Å². The van der Waals surface area contributed by atoms with Gasteiger partial charge < -0.3 is 4.90 Å². The molecule has 41 heavy (non-hydrogen) atoms. The Morgan fingerprint density at radius 3 is 1.63 bits per heavy atom. The molecule has 0 saturated heterocycles. The van der Waals surface area contributed by atoms with Crippen LogP contribution in [0.25, 0.3) is 22.5 Å². The summed E-state index contributed by atoms with van der Waals surface area (Å²) in [7, 11) is -0.0985. The molecule has 6 aromatic rings. The topological polar surface area (TPSA) is 29.0 Å². The molecule has 197 valence electrons. The third-order valence-electron chi connectivity index (χ3n) is 7.27.